The van der Waals surface area contributed by atoms with Crippen molar-refractivity contribution in [2.24, 2.45) is 5.92 Å². The highest BCUT2D eigenvalue weighted by Gasteiger charge is 2.27. The van der Waals surface area contributed by atoms with Crippen molar-refractivity contribution in [1.29, 1.82) is 0 Å². The Balaban J connectivity index is 1.39. The zero-order valence-electron chi connectivity index (χ0n) is 16.2. The van der Waals surface area contributed by atoms with Crippen molar-refractivity contribution in [3.8, 4) is 0 Å². The monoisotopic (exact) mass is 393 g/mol. The summed E-state index contributed by atoms with van der Waals surface area (Å²) in [6, 6.07) is 10.4. The molecule has 27 heavy (non-hydrogen) atoms. The molecule has 0 N–H and O–H groups in total. The van der Waals surface area contributed by atoms with E-state index in [1.54, 1.807) is 4.31 Å². The molecule has 0 saturated carbocycles. The normalized spacial score (nSPS) is 22.7. The second-order valence-corrected chi connectivity index (χ2v) is 9.79. The number of hydrogen-bond acceptors (Lipinski definition) is 4. The third-order valence-electron chi connectivity index (χ3n) is 5.69. The molecule has 2 heterocycles. The lowest BCUT2D eigenvalue weighted by atomic mass is 9.94. The first-order valence-electron chi connectivity index (χ1n) is 9.91. The van der Waals surface area contributed by atoms with Crippen LogP contribution in [0.15, 0.2) is 30.3 Å². The van der Waals surface area contributed by atoms with Gasteiger partial charge in [0.1, 0.15) is 0 Å². The Morgan fingerprint density at radius 1 is 1.07 bits per heavy atom. The number of rotatable bonds is 6. The molecular formula is C20H31N3O3S. The van der Waals surface area contributed by atoms with E-state index in [9.17, 15) is 13.2 Å². The minimum atomic E-state index is -3.12. The van der Waals surface area contributed by atoms with Gasteiger partial charge >= 0.3 is 0 Å². The number of carbonyl (C=O) groups is 1. The van der Waals surface area contributed by atoms with Gasteiger partial charge in [-0.15, -0.1) is 0 Å². The second-order valence-electron chi connectivity index (χ2n) is 7.81. The van der Waals surface area contributed by atoms with Gasteiger partial charge < -0.3 is 4.90 Å². The average molecular weight is 394 g/mol. The van der Waals surface area contributed by atoms with Crippen LogP contribution in [0.5, 0.6) is 0 Å². The standard InChI is InChI=1S/C20H31N3O3S/c1-27(25,26)23-11-5-8-19(17-23)9-10-20(24)22-14-12-21(13-15-22)16-18-6-3-2-4-7-18/h2-4,6-7,19H,5,8-17H2,1H3/t19-/m0/s1. The zero-order valence-corrected chi connectivity index (χ0v) is 17.0. The fraction of sp³-hybridized carbons (Fsp3) is 0.650. The molecule has 1 amide bonds. The Hall–Kier alpha value is -1.44. The summed E-state index contributed by atoms with van der Waals surface area (Å²) in [5, 5.41) is 0. The fourth-order valence-corrected chi connectivity index (χ4v) is 4.99. The molecule has 0 bridgehead atoms. The largest absolute Gasteiger partial charge is 0.340 e. The molecule has 7 heteroatoms. The van der Waals surface area contributed by atoms with E-state index in [2.05, 4.69) is 29.2 Å². The highest BCUT2D eigenvalue weighted by Crippen LogP contribution is 2.23. The minimum Gasteiger partial charge on any atom is -0.340 e. The lowest BCUT2D eigenvalue weighted by Gasteiger charge is -2.35. The van der Waals surface area contributed by atoms with Gasteiger partial charge in [-0.3, -0.25) is 9.69 Å². The third kappa shape index (κ3) is 6.02. The predicted molar refractivity (Wildman–Crippen MR) is 107 cm³/mol. The van der Waals surface area contributed by atoms with Crippen molar-refractivity contribution in [3.05, 3.63) is 35.9 Å². The summed E-state index contributed by atoms with van der Waals surface area (Å²) in [5.74, 6) is 0.516. The molecule has 0 radical (unpaired) electrons. The van der Waals surface area contributed by atoms with Crippen LogP contribution in [0.2, 0.25) is 0 Å². The van der Waals surface area contributed by atoms with Crippen molar-refractivity contribution >= 4 is 15.9 Å². The number of carbonyl (C=O) groups excluding carboxylic acids is 1. The van der Waals surface area contributed by atoms with Crippen LogP contribution in [-0.2, 0) is 21.4 Å². The number of amides is 1. The van der Waals surface area contributed by atoms with Crippen molar-refractivity contribution in [2.45, 2.75) is 32.2 Å². The molecular weight excluding hydrogens is 362 g/mol. The molecule has 0 aromatic heterocycles. The Kier molecular flexibility index (Phi) is 6.89. The minimum absolute atomic E-state index is 0.214. The van der Waals surface area contributed by atoms with Gasteiger partial charge in [0, 0.05) is 52.2 Å². The van der Waals surface area contributed by atoms with Gasteiger partial charge in [-0.1, -0.05) is 30.3 Å². The number of nitrogens with zero attached hydrogens (tertiary/aromatic N) is 3. The van der Waals surface area contributed by atoms with Crippen LogP contribution in [-0.4, -0.2) is 74.0 Å². The first kappa shape index (κ1) is 20.3. The Morgan fingerprint density at radius 3 is 2.44 bits per heavy atom. The molecule has 2 aliphatic heterocycles. The van der Waals surface area contributed by atoms with Crippen LogP contribution in [0, 0.1) is 5.92 Å². The van der Waals surface area contributed by atoms with Crippen LogP contribution in [0.1, 0.15) is 31.2 Å². The van der Waals surface area contributed by atoms with E-state index in [0.29, 0.717) is 25.4 Å². The van der Waals surface area contributed by atoms with E-state index < -0.39 is 10.0 Å². The van der Waals surface area contributed by atoms with Crippen molar-refractivity contribution in [3.63, 3.8) is 0 Å². The van der Waals surface area contributed by atoms with Crippen LogP contribution < -0.4 is 0 Å². The summed E-state index contributed by atoms with van der Waals surface area (Å²) in [7, 11) is -3.12. The fourth-order valence-electron chi connectivity index (χ4n) is 4.05. The quantitative estimate of drug-likeness (QED) is 0.739. The lowest BCUT2D eigenvalue weighted by Crippen LogP contribution is -2.48. The first-order chi connectivity index (χ1) is 12.9. The SMILES string of the molecule is CS(=O)(=O)N1CCC[C@@H](CCC(=O)N2CCN(Cc3ccccc3)CC2)C1. The first-order valence-corrected chi connectivity index (χ1v) is 11.8. The summed E-state index contributed by atoms with van der Waals surface area (Å²) in [6.45, 7) is 5.51. The van der Waals surface area contributed by atoms with Gasteiger partial charge in [0.2, 0.25) is 15.9 Å². The van der Waals surface area contributed by atoms with Gasteiger partial charge in [0.25, 0.3) is 0 Å². The summed E-state index contributed by atoms with van der Waals surface area (Å²) in [5.41, 5.74) is 1.31. The van der Waals surface area contributed by atoms with Crippen LogP contribution >= 0.6 is 0 Å². The third-order valence-corrected chi connectivity index (χ3v) is 6.96. The zero-order chi connectivity index (χ0) is 19.3. The molecule has 150 valence electrons. The Morgan fingerprint density at radius 2 is 1.78 bits per heavy atom. The summed E-state index contributed by atoms with van der Waals surface area (Å²) < 4.78 is 25.0. The second kappa shape index (κ2) is 9.17. The number of sulfonamides is 1. The van der Waals surface area contributed by atoms with E-state index in [-0.39, 0.29) is 5.91 Å². The molecule has 1 aromatic carbocycles. The average Bonchev–Trinajstić information content (AvgIpc) is 2.67. The number of piperazine rings is 1. The molecule has 2 saturated heterocycles. The molecule has 6 nitrogen and oxygen atoms in total. The number of benzene rings is 1. The molecule has 3 rings (SSSR count). The van der Waals surface area contributed by atoms with E-state index in [4.69, 9.17) is 0 Å². The molecule has 2 fully saturated rings. The molecule has 0 aliphatic carbocycles. The maximum atomic E-state index is 12.6. The maximum Gasteiger partial charge on any atom is 0.222 e. The van der Waals surface area contributed by atoms with Gasteiger partial charge in [-0.25, -0.2) is 12.7 Å². The van der Waals surface area contributed by atoms with E-state index in [0.717, 1.165) is 52.0 Å². The van der Waals surface area contributed by atoms with Gasteiger partial charge in [-0.05, 0) is 30.7 Å². The Labute approximate surface area is 163 Å². The predicted octanol–water partition coefficient (Wildman–Crippen LogP) is 1.78. The van der Waals surface area contributed by atoms with Crippen molar-refractivity contribution in [2.75, 3.05) is 45.5 Å². The summed E-state index contributed by atoms with van der Waals surface area (Å²) in [4.78, 5) is 16.9. The molecule has 0 spiro atoms. The lowest BCUT2D eigenvalue weighted by molar-refractivity contribution is -0.133. The summed E-state index contributed by atoms with van der Waals surface area (Å²) in [6.07, 6.45) is 4.50. The van der Waals surface area contributed by atoms with Crippen LogP contribution in [0.4, 0.5) is 0 Å². The van der Waals surface area contributed by atoms with Crippen molar-refractivity contribution < 1.29 is 13.2 Å². The van der Waals surface area contributed by atoms with E-state index in [1.165, 1.54) is 11.8 Å². The van der Waals surface area contributed by atoms with Crippen molar-refractivity contribution in [1.82, 2.24) is 14.1 Å². The van der Waals surface area contributed by atoms with E-state index >= 15 is 0 Å². The highest BCUT2D eigenvalue weighted by molar-refractivity contribution is 7.88. The maximum absolute atomic E-state index is 12.6. The van der Waals surface area contributed by atoms with E-state index in [1.807, 2.05) is 11.0 Å². The van der Waals surface area contributed by atoms with Gasteiger partial charge in [0.05, 0.1) is 6.26 Å². The Bertz CT molecular complexity index is 715. The topological polar surface area (TPSA) is 60.9 Å². The highest BCUT2D eigenvalue weighted by atomic mass is 32.2. The molecule has 1 atom stereocenters. The number of hydrogen-bond donors (Lipinski definition) is 0. The summed E-state index contributed by atoms with van der Waals surface area (Å²) >= 11 is 0. The molecule has 0 unspecified atom stereocenters. The molecule has 1 aromatic rings. The van der Waals surface area contributed by atoms with Gasteiger partial charge in [-0.2, -0.15) is 0 Å². The van der Waals surface area contributed by atoms with Crippen LogP contribution in [0.25, 0.3) is 0 Å². The van der Waals surface area contributed by atoms with Crippen LogP contribution in [0.3, 0.4) is 0 Å². The van der Waals surface area contributed by atoms with Gasteiger partial charge in [0.15, 0.2) is 0 Å². The smallest absolute Gasteiger partial charge is 0.222 e. The number of piperidine rings is 1. The molecule has 2 aliphatic rings.